The number of Topliss-reactive ketones (excluding diaryl/α,β-unsaturated/α-hetero) is 1. The highest BCUT2D eigenvalue weighted by atomic mass is 35.5. The third kappa shape index (κ3) is 3.07. The van der Waals surface area contributed by atoms with Crippen molar-refractivity contribution >= 4 is 23.3 Å². The van der Waals surface area contributed by atoms with E-state index in [2.05, 4.69) is 10.3 Å². The Morgan fingerprint density at radius 3 is 2.53 bits per heavy atom. The van der Waals surface area contributed by atoms with Gasteiger partial charge in [0.2, 0.25) is 5.43 Å². The molecule has 1 heterocycles. The molecule has 6 nitrogen and oxygen atoms in total. The third-order valence-corrected chi connectivity index (χ3v) is 2.11. The summed E-state index contributed by atoms with van der Waals surface area (Å²) in [5.41, 5.74) is -1.09. The number of carbonyl (C=O) groups excluding carboxylic acids is 2. The molecule has 1 aromatic heterocycles. The number of pyridine rings is 1. The highest BCUT2D eigenvalue weighted by molar-refractivity contribution is 6.42. The molecule has 0 spiro atoms. The number of hydrogen-bond acceptors (Lipinski definition) is 4. The van der Waals surface area contributed by atoms with Gasteiger partial charge in [-0.3, -0.25) is 14.4 Å². The first-order chi connectivity index (χ1) is 7.82. The van der Waals surface area contributed by atoms with Crippen molar-refractivity contribution in [1.29, 1.82) is 0 Å². The molecule has 1 aromatic rings. The van der Waals surface area contributed by atoms with Gasteiger partial charge in [0.25, 0.3) is 11.7 Å². The molecule has 0 aliphatic rings. The van der Waals surface area contributed by atoms with Crippen molar-refractivity contribution in [2.75, 3.05) is 0 Å². The smallest absolute Gasteiger partial charge is 0.294 e. The van der Waals surface area contributed by atoms with Crippen LogP contribution in [-0.4, -0.2) is 27.8 Å². The second-order valence-corrected chi connectivity index (χ2v) is 4.05. The zero-order chi connectivity index (χ0) is 13.2. The van der Waals surface area contributed by atoms with Gasteiger partial charge in [-0.1, -0.05) is 11.6 Å². The highest BCUT2D eigenvalue weighted by Crippen LogP contribution is 2.15. The van der Waals surface area contributed by atoms with Gasteiger partial charge in [0, 0.05) is 12.1 Å². The van der Waals surface area contributed by atoms with Gasteiger partial charge in [0.15, 0.2) is 10.9 Å². The van der Waals surface area contributed by atoms with Crippen LogP contribution in [0.25, 0.3) is 0 Å². The largest absolute Gasteiger partial charge is 0.502 e. The Labute approximate surface area is 102 Å². The number of amides is 1. The maximum absolute atomic E-state index is 11.6. The maximum atomic E-state index is 11.6. The van der Waals surface area contributed by atoms with Gasteiger partial charge < -0.3 is 15.4 Å². The average molecular weight is 259 g/mol. The summed E-state index contributed by atoms with van der Waals surface area (Å²) in [6, 6.07) is 0.620. The lowest BCUT2D eigenvalue weighted by Gasteiger charge is -2.07. The summed E-state index contributed by atoms with van der Waals surface area (Å²) in [5.74, 6) is -2.46. The van der Waals surface area contributed by atoms with E-state index in [0.29, 0.717) is 0 Å². The van der Waals surface area contributed by atoms with Crippen LogP contribution in [0.3, 0.4) is 0 Å². The Balaban J connectivity index is 3.06. The standard InChI is InChI=1S/C10H11ClN2O4/c1-4(2)12-10(17)7(15)5-3-6(14)8(16)9(11)13-5/h3-4,16H,1-2H3,(H,12,17)(H,13,14). The van der Waals surface area contributed by atoms with Crippen molar-refractivity contribution < 1.29 is 14.7 Å². The number of hydrogen-bond donors (Lipinski definition) is 3. The van der Waals surface area contributed by atoms with E-state index in [4.69, 9.17) is 16.7 Å². The van der Waals surface area contributed by atoms with Crippen molar-refractivity contribution in [1.82, 2.24) is 10.3 Å². The average Bonchev–Trinajstić information content (AvgIpc) is 2.23. The summed E-state index contributed by atoms with van der Waals surface area (Å²) < 4.78 is 0. The summed E-state index contributed by atoms with van der Waals surface area (Å²) >= 11 is 5.48. The second-order valence-electron chi connectivity index (χ2n) is 3.67. The number of aromatic hydroxyl groups is 1. The van der Waals surface area contributed by atoms with Gasteiger partial charge in [-0.2, -0.15) is 0 Å². The van der Waals surface area contributed by atoms with Crippen LogP contribution in [0.5, 0.6) is 5.75 Å². The van der Waals surface area contributed by atoms with E-state index in [1.165, 1.54) is 0 Å². The molecule has 17 heavy (non-hydrogen) atoms. The summed E-state index contributed by atoms with van der Waals surface area (Å²) in [6.07, 6.45) is 0. The van der Waals surface area contributed by atoms with Gasteiger partial charge in [0.1, 0.15) is 0 Å². The molecule has 3 N–H and O–H groups in total. The number of aromatic amines is 1. The van der Waals surface area contributed by atoms with Crippen LogP contribution in [0.1, 0.15) is 24.3 Å². The molecule has 0 aliphatic heterocycles. The zero-order valence-electron chi connectivity index (χ0n) is 9.20. The number of carbonyl (C=O) groups is 2. The number of aromatic nitrogens is 1. The molecule has 92 valence electrons. The van der Waals surface area contributed by atoms with Crippen molar-refractivity contribution in [3.8, 4) is 5.75 Å². The molecule has 0 aliphatic carbocycles. The lowest BCUT2D eigenvalue weighted by Crippen LogP contribution is -2.36. The van der Waals surface area contributed by atoms with Crippen LogP contribution < -0.4 is 10.7 Å². The molecule has 0 fully saturated rings. The van der Waals surface area contributed by atoms with Crippen LogP contribution in [0.15, 0.2) is 10.9 Å². The minimum atomic E-state index is -0.919. The highest BCUT2D eigenvalue weighted by Gasteiger charge is 2.19. The van der Waals surface area contributed by atoms with Crippen LogP contribution in [0, 0.1) is 0 Å². The minimum Gasteiger partial charge on any atom is -0.502 e. The first-order valence-corrected chi connectivity index (χ1v) is 5.17. The SMILES string of the molecule is CC(C)NC(=O)C(=O)c1cc(=O)c(O)c(Cl)[nH]1. The Morgan fingerprint density at radius 1 is 1.47 bits per heavy atom. The molecule has 0 radical (unpaired) electrons. The molecule has 0 saturated carbocycles. The van der Waals surface area contributed by atoms with E-state index in [1.807, 2.05) is 0 Å². The second kappa shape index (κ2) is 5.01. The van der Waals surface area contributed by atoms with Gasteiger partial charge in [0.05, 0.1) is 5.69 Å². The van der Waals surface area contributed by atoms with Crippen LogP contribution >= 0.6 is 11.6 Å². The first-order valence-electron chi connectivity index (χ1n) is 4.80. The molecule has 0 unspecified atom stereocenters. The van der Waals surface area contributed by atoms with Gasteiger partial charge in [-0.05, 0) is 13.8 Å². The zero-order valence-corrected chi connectivity index (χ0v) is 9.96. The molecule has 7 heteroatoms. The van der Waals surface area contributed by atoms with Gasteiger partial charge >= 0.3 is 0 Å². The number of rotatable bonds is 3. The van der Waals surface area contributed by atoms with E-state index in [-0.39, 0.29) is 16.9 Å². The molecular formula is C10H11ClN2O4. The van der Waals surface area contributed by atoms with Crippen molar-refractivity contribution in [2.45, 2.75) is 19.9 Å². The molecular weight excluding hydrogens is 248 g/mol. The Kier molecular flexibility index (Phi) is 3.90. The third-order valence-electron chi connectivity index (χ3n) is 1.83. The van der Waals surface area contributed by atoms with E-state index in [0.717, 1.165) is 6.07 Å². The Bertz CT molecular complexity index is 522. The molecule has 0 bridgehead atoms. The molecule has 0 saturated heterocycles. The van der Waals surface area contributed by atoms with Crippen LogP contribution in [0.4, 0.5) is 0 Å². The number of H-pyrrole nitrogens is 1. The predicted molar refractivity (Wildman–Crippen MR) is 61.3 cm³/mol. The topological polar surface area (TPSA) is 99.3 Å². The quantitative estimate of drug-likeness (QED) is 0.416. The Hall–Kier alpha value is -1.82. The summed E-state index contributed by atoms with van der Waals surface area (Å²) in [4.78, 5) is 36.4. The monoisotopic (exact) mass is 258 g/mol. The molecule has 1 amide bonds. The van der Waals surface area contributed by atoms with Crippen molar-refractivity contribution in [3.63, 3.8) is 0 Å². The number of ketones is 1. The summed E-state index contributed by atoms with van der Waals surface area (Å²) in [7, 11) is 0. The van der Waals surface area contributed by atoms with E-state index < -0.39 is 22.9 Å². The van der Waals surface area contributed by atoms with Crippen molar-refractivity contribution in [3.05, 3.63) is 27.1 Å². The van der Waals surface area contributed by atoms with Crippen molar-refractivity contribution in [2.24, 2.45) is 0 Å². The Morgan fingerprint density at radius 2 is 2.06 bits per heavy atom. The predicted octanol–water partition coefficient (Wildman–Crippen LogP) is 0.441. The van der Waals surface area contributed by atoms with Gasteiger partial charge in [-0.15, -0.1) is 0 Å². The van der Waals surface area contributed by atoms with E-state index >= 15 is 0 Å². The van der Waals surface area contributed by atoms with E-state index in [9.17, 15) is 14.4 Å². The lowest BCUT2D eigenvalue weighted by atomic mass is 10.2. The normalized spacial score (nSPS) is 10.4. The minimum absolute atomic E-state index is 0.203. The maximum Gasteiger partial charge on any atom is 0.294 e. The summed E-state index contributed by atoms with van der Waals surface area (Å²) in [6.45, 7) is 3.38. The van der Waals surface area contributed by atoms with Crippen LogP contribution in [0.2, 0.25) is 5.15 Å². The fraction of sp³-hybridized carbons (Fsp3) is 0.300. The van der Waals surface area contributed by atoms with Crippen LogP contribution in [-0.2, 0) is 4.79 Å². The number of halogens is 1. The fourth-order valence-electron chi connectivity index (χ4n) is 1.09. The molecule has 0 aromatic carbocycles. The lowest BCUT2D eigenvalue weighted by molar-refractivity contribution is -0.117. The molecule has 0 atom stereocenters. The van der Waals surface area contributed by atoms with Gasteiger partial charge in [-0.25, -0.2) is 0 Å². The fourth-order valence-corrected chi connectivity index (χ4v) is 1.29. The number of nitrogens with one attached hydrogen (secondary N) is 2. The van der Waals surface area contributed by atoms with E-state index in [1.54, 1.807) is 13.8 Å². The summed E-state index contributed by atoms with van der Waals surface area (Å²) in [5, 5.41) is 11.1. The molecule has 1 rings (SSSR count). The first kappa shape index (κ1) is 13.2.